The molecule has 0 aromatic heterocycles. The van der Waals surface area contributed by atoms with Crippen molar-refractivity contribution in [2.24, 2.45) is 0 Å². The number of halogens is 1. The van der Waals surface area contributed by atoms with Crippen molar-refractivity contribution in [1.82, 2.24) is 0 Å². The lowest BCUT2D eigenvalue weighted by atomic mass is 10.2. The van der Waals surface area contributed by atoms with E-state index in [0.717, 1.165) is 10.6 Å². The Kier molecular flexibility index (Phi) is 7.34. The minimum atomic E-state index is -0.831. The Labute approximate surface area is 157 Å². The predicted molar refractivity (Wildman–Crippen MR) is 102 cm³/mol. The second-order valence-corrected chi connectivity index (χ2v) is 6.94. The van der Waals surface area contributed by atoms with E-state index in [-0.39, 0.29) is 12.3 Å². The number of hydrogen-bond donors (Lipinski definition) is 0. The van der Waals surface area contributed by atoms with Crippen molar-refractivity contribution in [1.29, 1.82) is 0 Å². The van der Waals surface area contributed by atoms with E-state index < -0.39 is 12.1 Å². The maximum absolute atomic E-state index is 12.3. The van der Waals surface area contributed by atoms with E-state index in [9.17, 15) is 9.59 Å². The molecule has 2 aromatic rings. The van der Waals surface area contributed by atoms with Crippen molar-refractivity contribution in [3.63, 3.8) is 0 Å². The molecule has 0 saturated heterocycles. The molecule has 0 spiro atoms. The second kappa shape index (κ2) is 9.49. The zero-order valence-corrected chi connectivity index (χ0v) is 15.7. The van der Waals surface area contributed by atoms with Gasteiger partial charge in [-0.25, -0.2) is 0 Å². The highest BCUT2D eigenvalue weighted by molar-refractivity contribution is 7.99. The molecule has 0 radical (unpaired) electrons. The third kappa shape index (κ3) is 5.80. The first kappa shape index (κ1) is 19.3. The van der Waals surface area contributed by atoms with Crippen LogP contribution in [0.25, 0.3) is 0 Å². The molecule has 6 heteroatoms. The quantitative estimate of drug-likeness (QED) is 0.529. The summed E-state index contributed by atoms with van der Waals surface area (Å²) in [4.78, 5) is 26.7. The van der Waals surface area contributed by atoms with Crippen molar-refractivity contribution in [3.8, 4) is 0 Å². The van der Waals surface area contributed by atoms with Gasteiger partial charge in [-0.15, -0.1) is 11.8 Å². The lowest BCUT2D eigenvalue weighted by Crippen LogP contribution is -2.37. The summed E-state index contributed by atoms with van der Waals surface area (Å²) in [6.07, 6.45) is -0.620. The normalized spacial score (nSPS) is 11.6. The van der Waals surface area contributed by atoms with Crippen LogP contribution >= 0.6 is 23.4 Å². The Bertz CT molecular complexity index is 724. The number of thioether (sulfide) groups is 1. The fraction of sp³-hybridized carbons (Fsp3) is 0.263. The number of ether oxygens (including phenoxy) is 1. The minimum Gasteiger partial charge on any atom is -0.452 e. The molecule has 0 aliphatic rings. The van der Waals surface area contributed by atoms with Gasteiger partial charge in [-0.2, -0.15) is 0 Å². The summed E-state index contributed by atoms with van der Waals surface area (Å²) in [5.41, 5.74) is 0.754. The standard InChI is InChI=1S/C19H20ClNO3S/c1-14(19(23)21(2)15-8-4-3-5-9-15)24-18(22)12-13-25-17-11-7-6-10-16(17)20/h3-11,14H,12-13H2,1-2H3. The fourth-order valence-electron chi connectivity index (χ4n) is 2.16. The van der Waals surface area contributed by atoms with Crippen molar-refractivity contribution in [3.05, 3.63) is 59.6 Å². The van der Waals surface area contributed by atoms with E-state index in [1.807, 2.05) is 54.6 Å². The van der Waals surface area contributed by atoms with E-state index in [2.05, 4.69) is 0 Å². The van der Waals surface area contributed by atoms with Crippen LogP contribution in [0.2, 0.25) is 5.02 Å². The van der Waals surface area contributed by atoms with Crippen LogP contribution in [0.15, 0.2) is 59.5 Å². The summed E-state index contributed by atoms with van der Waals surface area (Å²) in [5.74, 6) is -0.127. The van der Waals surface area contributed by atoms with Crippen LogP contribution in [0.4, 0.5) is 5.69 Å². The molecule has 1 unspecified atom stereocenters. The van der Waals surface area contributed by atoms with Crippen LogP contribution in [0.5, 0.6) is 0 Å². The van der Waals surface area contributed by atoms with E-state index in [0.29, 0.717) is 10.8 Å². The van der Waals surface area contributed by atoms with Crippen molar-refractivity contribution in [2.75, 3.05) is 17.7 Å². The summed E-state index contributed by atoms with van der Waals surface area (Å²) in [6, 6.07) is 16.7. The number of benzene rings is 2. The molecule has 0 heterocycles. The molecule has 25 heavy (non-hydrogen) atoms. The summed E-state index contributed by atoms with van der Waals surface area (Å²) in [6.45, 7) is 1.58. The number of nitrogens with zero attached hydrogens (tertiary/aromatic N) is 1. The average Bonchev–Trinajstić information content (AvgIpc) is 2.62. The molecule has 1 amide bonds. The lowest BCUT2D eigenvalue weighted by molar-refractivity contribution is -0.153. The molecule has 0 N–H and O–H groups in total. The molecule has 0 saturated carbocycles. The van der Waals surface area contributed by atoms with Gasteiger partial charge in [0, 0.05) is 23.4 Å². The molecular formula is C19H20ClNO3S. The Morgan fingerprint density at radius 1 is 1.12 bits per heavy atom. The number of rotatable bonds is 7. The number of anilines is 1. The first-order chi connectivity index (χ1) is 12.0. The molecule has 0 bridgehead atoms. The van der Waals surface area contributed by atoms with Crippen molar-refractivity contribution in [2.45, 2.75) is 24.3 Å². The van der Waals surface area contributed by atoms with Crippen LogP contribution in [0, 0.1) is 0 Å². The van der Waals surface area contributed by atoms with Gasteiger partial charge in [0.05, 0.1) is 11.4 Å². The number of carbonyl (C=O) groups excluding carboxylic acids is 2. The van der Waals surface area contributed by atoms with Crippen LogP contribution in [0.1, 0.15) is 13.3 Å². The maximum Gasteiger partial charge on any atom is 0.307 e. The first-order valence-corrected chi connectivity index (χ1v) is 9.25. The molecular weight excluding hydrogens is 358 g/mol. The number of hydrogen-bond acceptors (Lipinski definition) is 4. The summed E-state index contributed by atoms with van der Waals surface area (Å²) in [7, 11) is 1.66. The third-order valence-corrected chi connectivity index (χ3v) is 5.05. The molecule has 0 aliphatic carbocycles. The van der Waals surface area contributed by atoms with Crippen molar-refractivity contribution < 1.29 is 14.3 Å². The van der Waals surface area contributed by atoms with Gasteiger partial charge in [-0.05, 0) is 31.2 Å². The maximum atomic E-state index is 12.3. The molecule has 132 valence electrons. The highest BCUT2D eigenvalue weighted by atomic mass is 35.5. The Hall–Kier alpha value is -1.98. The van der Waals surface area contributed by atoms with Crippen LogP contribution in [0.3, 0.4) is 0 Å². The van der Waals surface area contributed by atoms with E-state index in [4.69, 9.17) is 16.3 Å². The molecule has 2 aromatic carbocycles. The topological polar surface area (TPSA) is 46.6 Å². The van der Waals surface area contributed by atoms with Gasteiger partial charge in [-0.1, -0.05) is 41.9 Å². The third-order valence-electron chi connectivity index (χ3n) is 3.53. The molecule has 0 aliphatic heterocycles. The minimum absolute atomic E-state index is 0.211. The number of likely N-dealkylation sites (N-methyl/N-ethyl adjacent to an activating group) is 1. The molecule has 2 rings (SSSR count). The number of para-hydroxylation sites is 1. The monoisotopic (exact) mass is 377 g/mol. The molecule has 0 fully saturated rings. The fourth-order valence-corrected chi connectivity index (χ4v) is 3.33. The molecule has 4 nitrogen and oxygen atoms in total. The number of esters is 1. The highest BCUT2D eigenvalue weighted by Crippen LogP contribution is 2.27. The van der Waals surface area contributed by atoms with Gasteiger partial charge >= 0.3 is 5.97 Å². The Morgan fingerprint density at radius 2 is 1.76 bits per heavy atom. The summed E-state index contributed by atoms with van der Waals surface area (Å²) < 4.78 is 5.25. The van der Waals surface area contributed by atoms with Crippen LogP contribution in [-0.4, -0.2) is 30.8 Å². The van der Waals surface area contributed by atoms with Gasteiger partial charge in [0.2, 0.25) is 0 Å². The largest absolute Gasteiger partial charge is 0.452 e. The first-order valence-electron chi connectivity index (χ1n) is 7.88. The SMILES string of the molecule is CC(OC(=O)CCSc1ccccc1Cl)C(=O)N(C)c1ccccc1. The zero-order valence-electron chi connectivity index (χ0n) is 14.1. The lowest BCUT2D eigenvalue weighted by Gasteiger charge is -2.21. The van der Waals surface area contributed by atoms with Crippen molar-refractivity contribution >= 4 is 40.9 Å². The zero-order chi connectivity index (χ0) is 18.2. The van der Waals surface area contributed by atoms with E-state index in [1.165, 1.54) is 16.7 Å². The van der Waals surface area contributed by atoms with Gasteiger partial charge in [-0.3, -0.25) is 9.59 Å². The smallest absolute Gasteiger partial charge is 0.307 e. The van der Waals surface area contributed by atoms with E-state index in [1.54, 1.807) is 14.0 Å². The van der Waals surface area contributed by atoms with Gasteiger partial charge < -0.3 is 9.64 Å². The Balaban J connectivity index is 1.79. The molecule has 1 atom stereocenters. The average molecular weight is 378 g/mol. The van der Waals surface area contributed by atoms with Gasteiger partial charge in [0.25, 0.3) is 5.91 Å². The van der Waals surface area contributed by atoms with Crippen LogP contribution < -0.4 is 4.90 Å². The predicted octanol–water partition coefficient (Wildman–Crippen LogP) is 4.42. The van der Waals surface area contributed by atoms with Gasteiger partial charge in [0.1, 0.15) is 0 Å². The number of amides is 1. The Morgan fingerprint density at radius 3 is 2.44 bits per heavy atom. The van der Waals surface area contributed by atoms with E-state index >= 15 is 0 Å². The van der Waals surface area contributed by atoms with Crippen LogP contribution in [-0.2, 0) is 14.3 Å². The second-order valence-electron chi connectivity index (χ2n) is 5.39. The van der Waals surface area contributed by atoms with Gasteiger partial charge in [0.15, 0.2) is 6.10 Å². The number of carbonyl (C=O) groups is 2. The highest BCUT2D eigenvalue weighted by Gasteiger charge is 2.22. The summed E-state index contributed by atoms with van der Waals surface area (Å²) >= 11 is 7.56. The summed E-state index contributed by atoms with van der Waals surface area (Å²) in [5, 5.41) is 0.661.